The highest BCUT2D eigenvalue weighted by Crippen LogP contribution is 1.95. The molecule has 0 aromatic rings. The van der Waals surface area contributed by atoms with Gasteiger partial charge in [-0.05, 0) is 20.4 Å². The van der Waals surface area contributed by atoms with E-state index in [0.717, 1.165) is 6.54 Å². The number of hydrogen-bond acceptors (Lipinski definition) is 2. The topological polar surface area (TPSA) is 32.3 Å². The molecule has 0 saturated heterocycles. The van der Waals surface area contributed by atoms with Crippen molar-refractivity contribution in [3.63, 3.8) is 0 Å². The maximum atomic E-state index is 9.09. The van der Waals surface area contributed by atoms with Crippen LogP contribution in [0.25, 0.3) is 0 Å². The minimum atomic E-state index is -0.560. The van der Waals surface area contributed by atoms with Gasteiger partial charge in [0.05, 0.1) is 5.60 Å². The molecule has 0 rings (SSSR count). The Balaban J connectivity index is 0. The molecule has 2 N–H and O–H groups in total. The molecule has 0 spiro atoms. The van der Waals surface area contributed by atoms with Gasteiger partial charge in [0.2, 0.25) is 0 Å². The summed E-state index contributed by atoms with van der Waals surface area (Å²) in [6.07, 6.45) is 0. The zero-order chi connectivity index (χ0) is 6.62. The molecule has 0 aliphatic rings. The van der Waals surface area contributed by atoms with E-state index in [0.29, 0.717) is 6.54 Å². The molecule has 58 valence electrons. The summed E-state index contributed by atoms with van der Waals surface area (Å²) in [6.45, 7) is 7.19. The van der Waals surface area contributed by atoms with E-state index in [1.165, 1.54) is 0 Å². The lowest BCUT2D eigenvalue weighted by molar-refractivity contribution is 0.0805. The van der Waals surface area contributed by atoms with Crippen molar-refractivity contribution in [3.8, 4) is 0 Å². The average molecular weight is 154 g/mol. The third-order valence-electron chi connectivity index (χ3n) is 0.808. The van der Waals surface area contributed by atoms with Gasteiger partial charge in [0.25, 0.3) is 0 Å². The zero-order valence-electron chi connectivity index (χ0n) is 6.27. The van der Waals surface area contributed by atoms with E-state index in [4.69, 9.17) is 5.11 Å². The summed E-state index contributed by atoms with van der Waals surface area (Å²) < 4.78 is 0. The van der Waals surface area contributed by atoms with Gasteiger partial charge in [-0.2, -0.15) is 0 Å². The van der Waals surface area contributed by atoms with Crippen LogP contribution in [0.15, 0.2) is 0 Å². The normalized spacial score (nSPS) is 10.7. The van der Waals surface area contributed by atoms with Crippen LogP contribution in [-0.4, -0.2) is 23.8 Å². The maximum absolute atomic E-state index is 9.09. The van der Waals surface area contributed by atoms with Crippen LogP contribution >= 0.6 is 12.4 Å². The Kier molecular flexibility index (Phi) is 6.68. The van der Waals surface area contributed by atoms with Crippen LogP contribution < -0.4 is 5.32 Å². The number of rotatable bonds is 3. The smallest absolute Gasteiger partial charge is 0.0715 e. The van der Waals surface area contributed by atoms with Gasteiger partial charge < -0.3 is 10.4 Å². The van der Waals surface area contributed by atoms with E-state index < -0.39 is 5.60 Å². The minimum absolute atomic E-state index is 0. The van der Waals surface area contributed by atoms with Crippen LogP contribution in [0, 0.1) is 0 Å². The maximum Gasteiger partial charge on any atom is 0.0715 e. The largest absolute Gasteiger partial charge is 0.389 e. The Hall–Kier alpha value is 0.210. The quantitative estimate of drug-likeness (QED) is 0.629. The molecule has 3 heteroatoms. The van der Waals surface area contributed by atoms with Crippen LogP contribution in [0.3, 0.4) is 0 Å². The molecule has 2 nitrogen and oxygen atoms in total. The van der Waals surface area contributed by atoms with Gasteiger partial charge in [-0.25, -0.2) is 0 Å². The third-order valence-corrected chi connectivity index (χ3v) is 0.808. The molecule has 9 heavy (non-hydrogen) atoms. The van der Waals surface area contributed by atoms with Gasteiger partial charge in [0, 0.05) is 6.54 Å². The fourth-order valence-corrected chi connectivity index (χ4v) is 0.431. The highest BCUT2D eigenvalue weighted by atomic mass is 35.5. The highest BCUT2D eigenvalue weighted by Gasteiger charge is 2.09. The minimum Gasteiger partial charge on any atom is -0.389 e. The van der Waals surface area contributed by atoms with Crippen molar-refractivity contribution in [2.75, 3.05) is 13.1 Å². The molecule has 0 atom stereocenters. The molecular formula is C6H16ClNO. The van der Waals surface area contributed by atoms with E-state index in [9.17, 15) is 0 Å². The number of likely N-dealkylation sites (N-methyl/N-ethyl adjacent to an activating group) is 1. The highest BCUT2D eigenvalue weighted by molar-refractivity contribution is 5.85. The Morgan fingerprint density at radius 2 is 1.89 bits per heavy atom. The fraction of sp³-hybridized carbons (Fsp3) is 1.00. The molecular weight excluding hydrogens is 138 g/mol. The van der Waals surface area contributed by atoms with Crippen molar-refractivity contribution in [2.45, 2.75) is 26.4 Å². The first kappa shape index (κ1) is 11.9. The predicted molar refractivity (Wildman–Crippen MR) is 42.1 cm³/mol. The monoisotopic (exact) mass is 153 g/mol. The van der Waals surface area contributed by atoms with Gasteiger partial charge in [0.15, 0.2) is 0 Å². The summed E-state index contributed by atoms with van der Waals surface area (Å²) in [7, 11) is 0. The van der Waals surface area contributed by atoms with E-state index >= 15 is 0 Å². The van der Waals surface area contributed by atoms with Crippen molar-refractivity contribution in [3.05, 3.63) is 0 Å². The molecule has 0 heterocycles. The first-order valence-corrected chi connectivity index (χ1v) is 2.99. The van der Waals surface area contributed by atoms with Gasteiger partial charge in [-0.15, -0.1) is 12.4 Å². The van der Waals surface area contributed by atoms with Gasteiger partial charge in [0.1, 0.15) is 0 Å². The second-order valence-electron chi connectivity index (χ2n) is 2.59. The fourth-order valence-electron chi connectivity index (χ4n) is 0.431. The van der Waals surface area contributed by atoms with Crippen molar-refractivity contribution in [1.29, 1.82) is 0 Å². The lowest BCUT2D eigenvalue weighted by atomic mass is 10.1. The van der Waals surface area contributed by atoms with E-state index in [2.05, 4.69) is 5.32 Å². The number of nitrogens with one attached hydrogen (secondary N) is 1. The molecule has 0 radical (unpaired) electrons. The molecule has 0 amide bonds. The Bertz CT molecular complexity index is 60.6. The van der Waals surface area contributed by atoms with E-state index in [1.807, 2.05) is 6.92 Å². The molecule has 0 saturated carbocycles. The third kappa shape index (κ3) is 11.7. The Morgan fingerprint density at radius 3 is 2.00 bits per heavy atom. The predicted octanol–water partition coefficient (Wildman–Crippen LogP) is 0.789. The number of hydrogen-bond donors (Lipinski definition) is 2. The van der Waals surface area contributed by atoms with Crippen LogP contribution in [0.2, 0.25) is 0 Å². The SMILES string of the molecule is CCNCC(C)(C)O.Cl. The Labute approximate surface area is 63.1 Å². The Morgan fingerprint density at radius 1 is 1.44 bits per heavy atom. The molecule has 0 aromatic heterocycles. The molecule has 0 bridgehead atoms. The first-order valence-electron chi connectivity index (χ1n) is 2.99. The summed E-state index contributed by atoms with van der Waals surface area (Å²) >= 11 is 0. The number of halogens is 1. The van der Waals surface area contributed by atoms with Crippen molar-refractivity contribution >= 4 is 12.4 Å². The summed E-state index contributed by atoms with van der Waals surface area (Å²) in [5.41, 5.74) is -0.560. The van der Waals surface area contributed by atoms with Gasteiger partial charge in [-0.1, -0.05) is 6.92 Å². The number of aliphatic hydroxyl groups is 1. The van der Waals surface area contributed by atoms with Crippen LogP contribution in [0.5, 0.6) is 0 Å². The summed E-state index contributed by atoms with van der Waals surface area (Å²) in [4.78, 5) is 0. The second kappa shape index (κ2) is 5.03. The molecule has 0 fully saturated rings. The lowest BCUT2D eigenvalue weighted by Gasteiger charge is -2.16. The molecule has 0 aromatic carbocycles. The van der Waals surface area contributed by atoms with Crippen molar-refractivity contribution in [1.82, 2.24) is 5.32 Å². The van der Waals surface area contributed by atoms with Gasteiger partial charge in [-0.3, -0.25) is 0 Å². The average Bonchev–Trinajstić information content (AvgIpc) is 1.59. The van der Waals surface area contributed by atoms with Crippen molar-refractivity contribution in [2.24, 2.45) is 0 Å². The van der Waals surface area contributed by atoms with E-state index in [1.54, 1.807) is 13.8 Å². The van der Waals surface area contributed by atoms with E-state index in [-0.39, 0.29) is 12.4 Å². The van der Waals surface area contributed by atoms with Crippen LogP contribution in [0.4, 0.5) is 0 Å². The lowest BCUT2D eigenvalue weighted by Crippen LogP contribution is -2.34. The molecule has 0 aliphatic carbocycles. The van der Waals surface area contributed by atoms with Crippen LogP contribution in [-0.2, 0) is 0 Å². The summed E-state index contributed by atoms with van der Waals surface area (Å²) in [5, 5.41) is 12.1. The standard InChI is InChI=1S/C6H15NO.ClH/c1-4-7-5-6(2,3)8;/h7-8H,4-5H2,1-3H3;1H. The zero-order valence-corrected chi connectivity index (χ0v) is 7.09. The van der Waals surface area contributed by atoms with Gasteiger partial charge >= 0.3 is 0 Å². The first-order chi connectivity index (χ1) is 3.56. The summed E-state index contributed by atoms with van der Waals surface area (Å²) in [6, 6.07) is 0. The van der Waals surface area contributed by atoms with Crippen molar-refractivity contribution < 1.29 is 5.11 Å². The van der Waals surface area contributed by atoms with Crippen LogP contribution in [0.1, 0.15) is 20.8 Å². The molecule has 0 unspecified atom stereocenters. The summed E-state index contributed by atoms with van der Waals surface area (Å²) in [5.74, 6) is 0. The second-order valence-corrected chi connectivity index (χ2v) is 2.59. The molecule has 0 aliphatic heterocycles.